The second kappa shape index (κ2) is 58.6. The molecule has 6 unspecified atom stereocenters. The van der Waals surface area contributed by atoms with E-state index < -0.39 is 142 Å². The molecular formula is C79H115N7O41P4. The number of phenols is 2. The number of aromatic hydroxyl groups is 2. The van der Waals surface area contributed by atoms with Gasteiger partial charge in [0.2, 0.25) is 5.91 Å². The highest BCUT2D eigenvalue weighted by atomic mass is 31.2. The number of carboxylic acid groups (broad SMARTS) is 1. The quantitative estimate of drug-likeness (QED) is 0.0112. The van der Waals surface area contributed by atoms with Crippen LogP contribution in [-0.2, 0) is 126 Å². The van der Waals surface area contributed by atoms with Crippen LogP contribution >= 0.6 is 31.3 Å². The van der Waals surface area contributed by atoms with Crippen molar-refractivity contribution >= 4 is 82.5 Å². The Kier molecular flexibility index (Phi) is 48.6. The molecule has 4 heterocycles. The number of aromatic nitrogens is 4. The third-order valence-electron chi connectivity index (χ3n) is 18.7. The number of aromatic carboxylic acids is 1. The zero-order chi connectivity index (χ0) is 94.3. The number of hydrogen-bond acceptors (Lipinski definition) is 38. The number of aliphatic hydroxyl groups is 2. The molecule has 10 atom stereocenters. The maximum Gasteiger partial charge on any atom is 0.472 e. The van der Waals surface area contributed by atoms with Crippen LogP contribution < -0.4 is 33.3 Å². The number of nitrogens with one attached hydrogen (secondary N) is 3. The maximum absolute atomic E-state index is 13.5. The Morgan fingerprint density at radius 3 is 1.38 bits per heavy atom. The molecule has 48 nitrogen and oxygen atoms in total. The van der Waals surface area contributed by atoms with Gasteiger partial charge in [0.15, 0.2) is 0 Å². The van der Waals surface area contributed by atoms with E-state index in [0.717, 1.165) is 27.5 Å². The molecular weight excluding hydrogens is 1830 g/mol. The molecule has 732 valence electrons. The molecule has 0 saturated carbocycles. The molecule has 2 fully saturated rings. The molecule has 0 bridgehead atoms. The molecule has 2 aromatic heterocycles. The Hall–Kier alpha value is -7.69. The summed E-state index contributed by atoms with van der Waals surface area (Å²) in [4.78, 5) is 125. The molecule has 131 heavy (non-hydrogen) atoms. The fraction of sp³-hybridized carbons (Fsp3) is 0.582. The summed E-state index contributed by atoms with van der Waals surface area (Å²) in [5.41, 5.74) is 3.47. The number of carbonyl (C=O) groups excluding carboxylic acids is 2. The van der Waals surface area contributed by atoms with Gasteiger partial charge in [-0.3, -0.25) is 64.7 Å². The highest BCUT2D eigenvalue weighted by Gasteiger charge is 2.44. The number of aromatic amines is 1. The van der Waals surface area contributed by atoms with E-state index in [1.165, 1.54) is 54.7 Å². The van der Waals surface area contributed by atoms with E-state index in [1.807, 2.05) is 0 Å². The van der Waals surface area contributed by atoms with E-state index in [4.69, 9.17) is 113 Å². The average Bonchev–Trinajstić information content (AvgIpc) is 1.44. The van der Waals surface area contributed by atoms with Gasteiger partial charge in [0.1, 0.15) is 48.1 Å². The van der Waals surface area contributed by atoms with Crippen molar-refractivity contribution in [2.24, 2.45) is 0 Å². The number of nitrogens with zero attached hydrogens (tertiary/aromatic N) is 3. The van der Waals surface area contributed by atoms with Crippen LogP contribution in [0.25, 0.3) is 38.7 Å². The molecule has 0 spiro atoms. The first kappa shape index (κ1) is 109. The number of H-pyrrole nitrogens is 1. The summed E-state index contributed by atoms with van der Waals surface area (Å²) in [7, 11) is -19.1. The van der Waals surface area contributed by atoms with Gasteiger partial charge in [0.05, 0.1) is 229 Å². The van der Waals surface area contributed by atoms with E-state index in [9.17, 15) is 87.0 Å². The van der Waals surface area contributed by atoms with Crippen LogP contribution in [-0.4, -0.2) is 331 Å². The summed E-state index contributed by atoms with van der Waals surface area (Å²) >= 11 is 0. The predicted octanol–water partition coefficient (Wildman–Crippen LogP) is 3.61. The molecule has 0 radical (unpaired) electrons. The molecule has 52 heteroatoms. The van der Waals surface area contributed by atoms with E-state index >= 15 is 0 Å². The second-order valence-corrected chi connectivity index (χ2v) is 34.1. The zero-order valence-corrected chi connectivity index (χ0v) is 75.3. The number of aliphatic hydroxyl groups excluding tert-OH is 2. The predicted molar refractivity (Wildman–Crippen MR) is 460 cm³/mol. The number of phenolic OH excluding ortho intramolecular Hbond substituents is 2. The van der Waals surface area contributed by atoms with Crippen molar-refractivity contribution in [2.45, 2.75) is 75.4 Å². The lowest BCUT2D eigenvalue weighted by Gasteiger charge is -2.22. The normalized spacial score (nSPS) is 18.3. The number of nitrogen functional groups attached to an aromatic ring is 1. The van der Waals surface area contributed by atoms with Crippen LogP contribution in [0.5, 0.6) is 11.5 Å². The average molecular weight is 1940 g/mol. The number of anilines is 1. The van der Waals surface area contributed by atoms with Crippen LogP contribution in [0.3, 0.4) is 0 Å². The Labute approximate surface area is 750 Å². The minimum absolute atomic E-state index is 0.00816. The summed E-state index contributed by atoms with van der Waals surface area (Å²) in [6.07, 6.45) is -1.44. The van der Waals surface area contributed by atoms with Gasteiger partial charge in [-0.25, -0.2) is 32.6 Å². The number of nitrogens with two attached hydrogens (primary N) is 1. The lowest BCUT2D eigenvalue weighted by Crippen LogP contribution is -2.33. The number of fused-ring (bicyclic) bond motifs is 2. The monoisotopic (exact) mass is 1940 g/mol. The molecule has 2 aliphatic heterocycles. The molecule has 4 aromatic carbocycles. The Balaban J connectivity index is 0.706. The van der Waals surface area contributed by atoms with Crippen molar-refractivity contribution in [1.29, 1.82) is 0 Å². The second-order valence-electron chi connectivity index (χ2n) is 28.4. The standard InChI is InChI=1S/C79H115N7O41P4/c80-70-13-16-85(78(96)83-70)72-51-66(90)68(125-72)54-123-129(100,101)120-44-39-116-35-36-117-41-46-122-131(104,105)127-67-52-73(126-69(67)55-124-130(102,103)121-45-40-115-34-31-112-28-25-109-24-27-111-30-33-114-38-43-119-128(98,99)118-42-37-113-32-29-110-26-23-108-22-21-107-20-19-106-18-17-87)86-53-57(76(93)84-79(86)97)6-12-71(91)81-14-3-1-2-4-15-82-75(92)56-5-9-64(77(94)95)65(50-56)74-62-10-7-60(88)48-58(62)47-59-49-61(89)8-11-63(59)74/h5-13,16,47-50,53,66-69,72-73,87-90H,1-4,14-15,17-46,51-52,54-55H2,(H,81,91)(H,82,92)(H,94,95)(H,98,99)(H,100,101)(H,102,103)(H,104,105)(H2,80,83,96)(H,84,93,97)/t66?,67?,68-,69-,72-,73-/m1/s1. The highest BCUT2D eigenvalue weighted by molar-refractivity contribution is 7.48. The molecule has 0 aliphatic carbocycles. The number of phosphoric ester groups is 4. The lowest BCUT2D eigenvalue weighted by atomic mass is 9.88. The Morgan fingerprint density at radius 1 is 0.504 bits per heavy atom. The number of benzene rings is 4. The molecule has 6 aromatic rings. The zero-order valence-electron chi connectivity index (χ0n) is 71.7. The molecule has 2 saturated heterocycles. The number of unbranched alkanes of at least 4 members (excludes halogenated alkanes) is 3. The first-order chi connectivity index (χ1) is 63.0. The van der Waals surface area contributed by atoms with Gasteiger partial charge < -0.3 is 128 Å². The van der Waals surface area contributed by atoms with Gasteiger partial charge in [0, 0.05) is 50.0 Å². The van der Waals surface area contributed by atoms with Gasteiger partial charge >= 0.3 is 48.6 Å². The minimum atomic E-state index is -5.10. The highest BCUT2D eigenvalue weighted by Crippen LogP contribution is 2.51. The van der Waals surface area contributed by atoms with Crippen LogP contribution in [0.4, 0.5) is 5.82 Å². The third kappa shape index (κ3) is 40.8. The number of rotatable bonds is 71. The molecule has 8 rings (SSSR count). The molecule has 14 N–H and O–H groups in total. The van der Waals surface area contributed by atoms with Crippen LogP contribution in [0.15, 0.2) is 99.6 Å². The van der Waals surface area contributed by atoms with Crippen molar-refractivity contribution < 1.29 is 180 Å². The Bertz CT molecular complexity index is 4860. The SMILES string of the molecule is Nc1ccn([C@H]2CC(O)[C@@H](COP(=O)(O)OCCOCCOCCOP(=O)(O)OC3C[C@H](n4cc(C=CC(=O)NCCCCCCNC(=O)c5ccc(C(=O)O)c(-c6c7ccc(O)cc7cc7cc(O)ccc67)c5)c(=O)[nH]c4=O)O[C@@H]3COP(=O)(O)OCCOCCOCCOCCOCCOCCOP(=O)(O)OCCOCCOCCOCCOCCOCCO)O2)c(=O)n1. The number of amides is 2. The number of hydrogen-bond donors (Lipinski definition) is 13. The van der Waals surface area contributed by atoms with E-state index in [-0.39, 0.29) is 198 Å². The van der Waals surface area contributed by atoms with Gasteiger partial charge in [-0.05, 0) is 106 Å². The number of ether oxygens (including phenoxy) is 14. The lowest BCUT2D eigenvalue weighted by molar-refractivity contribution is -0.116. The summed E-state index contributed by atoms with van der Waals surface area (Å²) < 4.78 is 170. The molecule has 2 aliphatic rings. The Morgan fingerprint density at radius 2 is 0.924 bits per heavy atom. The van der Waals surface area contributed by atoms with E-state index in [0.29, 0.717) is 92.4 Å². The summed E-state index contributed by atoms with van der Waals surface area (Å²) in [5, 5.41) is 57.8. The van der Waals surface area contributed by atoms with Crippen LogP contribution in [0.1, 0.15) is 77.3 Å². The van der Waals surface area contributed by atoms with E-state index in [2.05, 4.69) is 20.6 Å². The fourth-order valence-corrected chi connectivity index (χ4v) is 15.6. The first-order valence-corrected chi connectivity index (χ1v) is 47.7. The van der Waals surface area contributed by atoms with Crippen molar-refractivity contribution in [2.75, 3.05) is 230 Å². The fourth-order valence-electron chi connectivity index (χ4n) is 12.5. The van der Waals surface area contributed by atoms with Crippen LogP contribution in [0, 0.1) is 0 Å². The number of carboxylic acids is 1. The summed E-state index contributed by atoms with van der Waals surface area (Å²) in [5.74, 6) is -2.38. The van der Waals surface area contributed by atoms with Crippen LogP contribution in [0.2, 0.25) is 0 Å². The van der Waals surface area contributed by atoms with Gasteiger partial charge in [-0.2, -0.15) is 4.98 Å². The van der Waals surface area contributed by atoms with Crippen molar-refractivity contribution in [1.82, 2.24) is 29.7 Å². The largest absolute Gasteiger partial charge is 0.508 e. The number of phosphoric acid groups is 4. The maximum atomic E-state index is 13.5. The van der Waals surface area contributed by atoms with Crippen molar-refractivity contribution in [3.05, 3.63) is 133 Å². The van der Waals surface area contributed by atoms with Gasteiger partial charge in [0.25, 0.3) is 11.5 Å². The van der Waals surface area contributed by atoms with Gasteiger partial charge in [-0.1, -0.05) is 25.0 Å². The van der Waals surface area contributed by atoms with Crippen molar-refractivity contribution in [3.63, 3.8) is 0 Å². The molecule has 2 amide bonds. The topological polar surface area (TPSA) is 644 Å². The van der Waals surface area contributed by atoms with Crippen molar-refractivity contribution in [3.8, 4) is 22.6 Å². The minimum Gasteiger partial charge on any atom is -0.508 e. The van der Waals surface area contributed by atoms with Gasteiger partial charge in [-0.15, -0.1) is 0 Å². The summed E-state index contributed by atoms with van der Waals surface area (Å²) in [6.45, 7) is 0.529. The third-order valence-corrected chi connectivity index (χ3v) is 22.8. The summed E-state index contributed by atoms with van der Waals surface area (Å²) in [6, 6.07) is 16.7. The number of carbonyl (C=O) groups is 3. The van der Waals surface area contributed by atoms with E-state index in [1.54, 1.807) is 18.2 Å². The smallest absolute Gasteiger partial charge is 0.472 e. The first-order valence-electron chi connectivity index (χ1n) is 41.7.